The van der Waals surface area contributed by atoms with Gasteiger partial charge in [0.2, 0.25) is 0 Å². The maximum Gasteiger partial charge on any atom is 0.321 e. The molecule has 7 heteroatoms. The van der Waals surface area contributed by atoms with Crippen LogP contribution >= 0.6 is 23.1 Å². The average molecular weight is 492 g/mol. The van der Waals surface area contributed by atoms with Gasteiger partial charge in [0.05, 0.1) is 15.6 Å². The Balaban J connectivity index is 1.54. The van der Waals surface area contributed by atoms with Gasteiger partial charge in [-0.05, 0) is 37.1 Å². The van der Waals surface area contributed by atoms with Crippen LogP contribution in [0.15, 0.2) is 89.3 Å². The monoisotopic (exact) mass is 491 g/mol. The SMILES string of the molecule is CC(C)(C(=O)OCc1ccccc1)C(Sc1nc2ccccc2s1)C(=O)OCc1ccccc1. The van der Waals surface area contributed by atoms with E-state index in [9.17, 15) is 9.59 Å². The maximum absolute atomic E-state index is 13.3. The van der Waals surface area contributed by atoms with E-state index in [4.69, 9.17) is 9.47 Å². The number of carbonyl (C=O) groups is 2. The van der Waals surface area contributed by atoms with Gasteiger partial charge in [0, 0.05) is 0 Å². The fourth-order valence-electron chi connectivity index (χ4n) is 3.31. The lowest BCUT2D eigenvalue weighted by atomic mass is 9.89. The summed E-state index contributed by atoms with van der Waals surface area (Å²) in [6.07, 6.45) is 0. The third-order valence-corrected chi connectivity index (χ3v) is 8.01. The summed E-state index contributed by atoms with van der Waals surface area (Å²) in [5, 5.41) is -0.833. The number of hydrogen-bond donors (Lipinski definition) is 0. The number of thiazole rings is 1. The van der Waals surface area contributed by atoms with Crippen LogP contribution in [0.25, 0.3) is 10.2 Å². The lowest BCUT2D eigenvalue weighted by Gasteiger charge is -2.29. The van der Waals surface area contributed by atoms with E-state index in [0.717, 1.165) is 21.3 Å². The molecule has 1 aromatic heterocycles. The highest BCUT2D eigenvalue weighted by atomic mass is 32.2. The van der Waals surface area contributed by atoms with Crippen molar-refractivity contribution in [3.8, 4) is 0 Å². The second kappa shape index (κ2) is 10.8. The number of benzene rings is 3. The Morgan fingerprint density at radius 3 is 2.03 bits per heavy atom. The molecule has 0 saturated carbocycles. The van der Waals surface area contributed by atoms with Crippen molar-refractivity contribution in [3.05, 3.63) is 96.1 Å². The summed E-state index contributed by atoms with van der Waals surface area (Å²) in [4.78, 5) is 31.1. The first-order valence-corrected chi connectivity index (χ1v) is 12.6. The predicted molar refractivity (Wildman–Crippen MR) is 136 cm³/mol. The third-order valence-electron chi connectivity index (χ3n) is 5.33. The van der Waals surface area contributed by atoms with Crippen LogP contribution in [0.3, 0.4) is 0 Å². The number of ether oxygens (including phenoxy) is 2. The van der Waals surface area contributed by atoms with Crippen molar-refractivity contribution >= 4 is 45.3 Å². The Hall–Kier alpha value is -3.16. The van der Waals surface area contributed by atoms with E-state index < -0.39 is 22.6 Å². The zero-order chi connectivity index (χ0) is 24.0. The number of rotatable bonds is 9. The van der Waals surface area contributed by atoms with E-state index in [2.05, 4.69) is 4.98 Å². The van der Waals surface area contributed by atoms with Crippen LogP contribution in [0.2, 0.25) is 0 Å². The molecule has 5 nitrogen and oxygen atoms in total. The van der Waals surface area contributed by atoms with Crippen LogP contribution in [0.1, 0.15) is 25.0 Å². The summed E-state index contributed by atoms with van der Waals surface area (Å²) in [6.45, 7) is 3.70. The van der Waals surface area contributed by atoms with E-state index in [0.29, 0.717) is 4.34 Å². The number of nitrogens with zero attached hydrogens (tertiary/aromatic N) is 1. The van der Waals surface area contributed by atoms with E-state index in [1.54, 1.807) is 13.8 Å². The molecule has 0 aliphatic carbocycles. The summed E-state index contributed by atoms with van der Waals surface area (Å²) < 4.78 is 13.0. The number of esters is 2. The van der Waals surface area contributed by atoms with Gasteiger partial charge >= 0.3 is 11.9 Å². The second-order valence-corrected chi connectivity index (χ2v) is 10.7. The van der Waals surface area contributed by atoms with Crippen molar-refractivity contribution in [2.75, 3.05) is 0 Å². The highest BCUT2D eigenvalue weighted by molar-refractivity contribution is 8.02. The molecular formula is C27H25NO4S2. The van der Waals surface area contributed by atoms with Crippen molar-refractivity contribution in [1.82, 2.24) is 4.98 Å². The summed E-state index contributed by atoms with van der Waals surface area (Å²) >= 11 is 2.73. The fourth-order valence-corrected chi connectivity index (χ4v) is 5.67. The molecule has 174 valence electrons. The Bertz CT molecular complexity index is 1220. The molecule has 0 aliphatic rings. The molecule has 4 rings (SSSR count). The second-order valence-electron chi connectivity index (χ2n) is 8.32. The normalized spacial score (nSPS) is 12.3. The van der Waals surface area contributed by atoms with Crippen molar-refractivity contribution in [3.63, 3.8) is 0 Å². The first-order chi connectivity index (χ1) is 16.4. The van der Waals surface area contributed by atoms with Crippen LogP contribution < -0.4 is 0 Å². The molecule has 0 spiro atoms. The molecule has 0 fully saturated rings. The standard InChI is InChI=1S/C27H25NO4S2/c1-27(2,25(30)32-18-20-13-7-4-8-14-20)23(24(29)31-17-19-11-5-3-6-12-19)34-26-28-21-15-9-10-16-22(21)33-26/h3-16,23H,17-18H2,1-2H3. The number of aromatic nitrogens is 1. The zero-order valence-corrected chi connectivity index (χ0v) is 20.6. The van der Waals surface area contributed by atoms with Gasteiger partial charge in [0.25, 0.3) is 0 Å². The summed E-state index contributed by atoms with van der Waals surface area (Å²) in [5.41, 5.74) is 1.47. The van der Waals surface area contributed by atoms with E-state index in [1.807, 2.05) is 84.9 Å². The van der Waals surface area contributed by atoms with Crippen LogP contribution in [0.4, 0.5) is 0 Å². The molecule has 1 heterocycles. The number of fused-ring (bicyclic) bond motifs is 1. The predicted octanol–water partition coefficient (Wildman–Crippen LogP) is 6.27. The summed E-state index contributed by atoms with van der Waals surface area (Å²) in [5.74, 6) is -0.943. The van der Waals surface area contributed by atoms with Crippen molar-refractivity contribution in [1.29, 1.82) is 0 Å². The van der Waals surface area contributed by atoms with Gasteiger partial charge in [-0.1, -0.05) is 84.6 Å². The minimum Gasteiger partial charge on any atom is -0.460 e. The Morgan fingerprint density at radius 1 is 0.853 bits per heavy atom. The smallest absolute Gasteiger partial charge is 0.321 e. The molecule has 0 radical (unpaired) electrons. The highest BCUT2D eigenvalue weighted by Gasteiger charge is 2.45. The average Bonchev–Trinajstić information content (AvgIpc) is 3.28. The first kappa shape index (κ1) is 24.0. The molecule has 1 atom stereocenters. The quantitative estimate of drug-likeness (QED) is 0.203. The topological polar surface area (TPSA) is 65.5 Å². The van der Waals surface area contributed by atoms with Gasteiger partial charge in [-0.2, -0.15) is 0 Å². The van der Waals surface area contributed by atoms with Crippen LogP contribution in [-0.2, 0) is 32.3 Å². The molecule has 0 saturated heterocycles. The van der Waals surface area contributed by atoms with E-state index in [1.165, 1.54) is 23.1 Å². The lowest BCUT2D eigenvalue weighted by molar-refractivity contribution is -0.161. The molecule has 0 N–H and O–H groups in total. The molecule has 1 unspecified atom stereocenters. The van der Waals surface area contributed by atoms with Crippen LogP contribution in [0.5, 0.6) is 0 Å². The largest absolute Gasteiger partial charge is 0.460 e. The Kier molecular flexibility index (Phi) is 7.65. The van der Waals surface area contributed by atoms with Gasteiger partial charge < -0.3 is 9.47 Å². The van der Waals surface area contributed by atoms with Gasteiger partial charge in [-0.25, -0.2) is 4.98 Å². The summed E-state index contributed by atoms with van der Waals surface area (Å²) in [6, 6.07) is 26.7. The third kappa shape index (κ3) is 5.85. The molecule has 0 amide bonds. The van der Waals surface area contributed by atoms with Crippen molar-refractivity contribution < 1.29 is 19.1 Å². The van der Waals surface area contributed by atoms with Crippen LogP contribution in [0, 0.1) is 5.41 Å². The minimum absolute atomic E-state index is 0.131. The van der Waals surface area contributed by atoms with Crippen LogP contribution in [-0.4, -0.2) is 22.2 Å². The Morgan fingerprint density at radius 2 is 1.41 bits per heavy atom. The number of para-hydroxylation sites is 1. The molecule has 0 aliphatic heterocycles. The molecule has 34 heavy (non-hydrogen) atoms. The van der Waals surface area contributed by atoms with E-state index in [-0.39, 0.29) is 13.2 Å². The van der Waals surface area contributed by atoms with Gasteiger partial charge in [-0.15, -0.1) is 11.3 Å². The number of hydrogen-bond acceptors (Lipinski definition) is 7. The zero-order valence-electron chi connectivity index (χ0n) is 19.0. The van der Waals surface area contributed by atoms with E-state index >= 15 is 0 Å². The number of thioether (sulfide) groups is 1. The minimum atomic E-state index is -1.15. The number of carbonyl (C=O) groups excluding carboxylic acids is 2. The maximum atomic E-state index is 13.3. The summed E-state index contributed by atoms with van der Waals surface area (Å²) in [7, 11) is 0. The van der Waals surface area contributed by atoms with Crippen molar-refractivity contribution in [2.24, 2.45) is 5.41 Å². The fraction of sp³-hybridized carbons (Fsp3) is 0.222. The van der Waals surface area contributed by atoms with Gasteiger partial charge in [0.15, 0.2) is 4.34 Å². The molecule has 0 bridgehead atoms. The lowest BCUT2D eigenvalue weighted by Crippen LogP contribution is -2.42. The highest BCUT2D eigenvalue weighted by Crippen LogP contribution is 2.40. The Labute approximate surface area is 207 Å². The molecular weight excluding hydrogens is 466 g/mol. The van der Waals surface area contributed by atoms with Gasteiger partial charge in [0.1, 0.15) is 18.5 Å². The molecule has 4 aromatic rings. The molecule has 3 aromatic carbocycles. The first-order valence-electron chi connectivity index (χ1n) is 10.9. The van der Waals surface area contributed by atoms with Gasteiger partial charge in [-0.3, -0.25) is 9.59 Å². The van der Waals surface area contributed by atoms with Crippen molar-refractivity contribution in [2.45, 2.75) is 36.7 Å².